The second-order valence-electron chi connectivity index (χ2n) is 10.2. The van der Waals surface area contributed by atoms with Gasteiger partial charge in [-0.05, 0) is 73.7 Å². The summed E-state index contributed by atoms with van der Waals surface area (Å²) in [6.07, 6.45) is 0. The van der Waals surface area contributed by atoms with Crippen LogP contribution in [0.2, 0.25) is 10.0 Å². The summed E-state index contributed by atoms with van der Waals surface area (Å²) in [6.45, 7) is 0.973. The highest BCUT2D eigenvalue weighted by molar-refractivity contribution is 7.99. The first-order chi connectivity index (χ1) is 22.4. The fraction of sp³-hybridized carbons (Fsp3) is 0.121. The minimum atomic E-state index is -4.35. The molecular formula is C33H28Cl2N4O6S2. The molecule has 0 radical (unpaired) electrons. The highest BCUT2D eigenvalue weighted by atomic mass is 35.5. The highest BCUT2D eigenvalue weighted by Gasteiger charge is 2.30. The number of ether oxygens (including phenoxy) is 1. The first kappa shape index (κ1) is 33.9. The minimum absolute atomic E-state index is 0.0680. The van der Waals surface area contributed by atoms with Gasteiger partial charge in [-0.3, -0.25) is 18.6 Å². The van der Waals surface area contributed by atoms with Crippen molar-refractivity contribution in [1.82, 2.24) is 9.36 Å². The summed E-state index contributed by atoms with van der Waals surface area (Å²) in [6, 6.07) is 26.7. The Morgan fingerprint density at radius 3 is 2.30 bits per heavy atom. The standard InChI is InChI=1S/C33H28Cl2N4O6S2/c1-21-31(32(41)39(37(21)2)23-9-5-4-6-10-23)38(3)47(43,44)25-17-18-27(35)26(19-25)33(42)45-20-30(40)36-28-11-7-8-12-29(28)46-24-15-13-22(34)14-16-24/h4-19H,20H2,1-3H3,(H,36,40). The largest absolute Gasteiger partial charge is 0.452 e. The van der Waals surface area contributed by atoms with Crippen LogP contribution in [0.5, 0.6) is 0 Å². The smallest absolute Gasteiger partial charge is 0.340 e. The Balaban J connectivity index is 1.31. The number of carbonyl (C=O) groups is 2. The van der Waals surface area contributed by atoms with Crippen molar-refractivity contribution < 1.29 is 22.7 Å². The molecule has 0 unspecified atom stereocenters. The third-order valence-corrected chi connectivity index (χ3v) is 10.6. The van der Waals surface area contributed by atoms with E-state index in [0.717, 1.165) is 20.2 Å². The molecule has 1 heterocycles. The predicted molar refractivity (Wildman–Crippen MR) is 184 cm³/mol. The minimum Gasteiger partial charge on any atom is -0.452 e. The third kappa shape index (κ3) is 7.25. The van der Waals surface area contributed by atoms with Crippen molar-refractivity contribution in [2.45, 2.75) is 21.6 Å². The van der Waals surface area contributed by atoms with Gasteiger partial charge < -0.3 is 10.1 Å². The first-order valence-electron chi connectivity index (χ1n) is 14.0. The molecule has 242 valence electrons. The lowest BCUT2D eigenvalue weighted by Crippen LogP contribution is -2.32. The number of aromatic nitrogens is 2. The fourth-order valence-electron chi connectivity index (χ4n) is 4.70. The summed E-state index contributed by atoms with van der Waals surface area (Å²) >= 11 is 13.6. The Bertz CT molecular complexity index is 2130. The Morgan fingerprint density at radius 1 is 0.936 bits per heavy atom. The Morgan fingerprint density at radius 2 is 1.60 bits per heavy atom. The molecule has 0 aliphatic heterocycles. The molecule has 0 spiro atoms. The number of para-hydroxylation sites is 2. The van der Waals surface area contributed by atoms with Crippen LogP contribution < -0.4 is 15.2 Å². The second kappa shape index (κ2) is 14.1. The van der Waals surface area contributed by atoms with Gasteiger partial charge in [-0.15, -0.1) is 0 Å². The number of halogens is 2. The molecule has 47 heavy (non-hydrogen) atoms. The fourth-order valence-corrected chi connectivity index (χ4v) is 7.20. The Hall–Kier alpha value is -4.49. The number of esters is 1. The number of hydrogen-bond acceptors (Lipinski definition) is 7. The lowest BCUT2D eigenvalue weighted by atomic mass is 10.2. The van der Waals surface area contributed by atoms with Crippen LogP contribution in [-0.4, -0.2) is 43.3 Å². The molecule has 0 atom stereocenters. The van der Waals surface area contributed by atoms with E-state index in [9.17, 15) is 22.8 Å². The van der Waals surface area contributed by atoms with E-state index in [-0.39, 0.29) is 21.2 Å². The van der Waals surface area contributed by atoms with E-state index in [1.807, 2.05) is 24.3 Å². The van der Waals surface area contributed by atoms with Crippen molar-refractivity contribution >= 4 is 68.2 Å². The average Bonchev–Trinajstić information content (AvgIpc) is 3.28. The average molecular weight is 712 g/mol. The maximum absolute atomic E-state index is 13.7. The van der Waals surface area contributed by atoms with Gasteiger partial charge in [-0.25, -0.2) is 17.9 Å². The number of rotatable bonds is 10. The number of carbonyl (C=O) groups excluding carboxylic acids is 2. The third-order valence-electron chi connectivity index (χ3n) is 7.19. The molecule has 0 bridgehead atoms. The topological polar surface area (TPSA) is 120 Å². The van der Waals surface area contributed by atoms with Crippen molar-refractivity contribution in [1.29, 1.82) is 0 Å². The summed E-state index contributed by atoms with van der Waals surface area (Å²) in [5.41, 5.74) is 0.586. The summed E-state index contributed by atoms with van der Waals surface area (Å²) < 4.78 is 36.5. The number of hydrogen-bond donors (Lipinski definition) is 1. The van der Waals surface area contributed by atoms with Crippen LogP contribution >= 0.6 is 35.0 Å². The molecule has 14 heteroatoms. The molecule has 1 aromatic heterocycles. The van der Waals surface area contributed by atoms with Gasteiger partial charge in [0.1, 0.15) is 5.69 Å². The molecule has 0 aliphatic carbocycles. The van der Waals surface area contributed by atoms with E-state index in [1.54, 1.807) is 73.3 Å². The van der Waals surface area contributed by atoms with Gasteiger partial charge >= 0.3 is 5.97 Å². The van der Waals surface area contributed by atoms with E-state index in [1.165, 1.54) is 35.6 Å². The molecule has 4 aromatic carbocycles. The van der Waals surface area contributed by atoms with Gasteiger partial charge in [0, 0.05) is 28.9 Å². The quantitative estimate of drug-likeness (QED) is 0.163. The zero-order valence-electron chi connectivity index (χ0n) is 25.3. The number of benzene rings is 4. The Kier molecular flexibility index (Phi) is 10.2. The second-order valence-corrected chi connectivity index (χ2v) is 14.1. The number of nitrogens with one attached hydrogen (secondary N) is 1. The van der Waals surface area contributed by atoms with Gasteiger partial charge in [0.25, 0.3) is 21.5 Å². The van der Waals surface area contributed by atoms with Crippen LogP contribution in [0.4, 0.5) is 11.4 Å². The van der Waals surface area contributed by atoms with Crippen LogP contribution in [-0.2, 0) is 26.6 Å². The van der Waals surface area contributed by atoms with Gasteiger partial charge in [0.05, 0.1) is 32.6 Å². The monoisotopic (exact) mass is 710 g/mol. The first-order valence-corrected chi connectivity index (χ1v) is 17.0. The van der Waals surface area contributed by atoms with Gasteiger partial charge in [0.2, 0.25) is 0 Å². The molecule has 0 aliphatic rings. The zero-order valence-corrected chi connectivity index (χ0v) is 28.5. The molecule has 10 nitrogen and oxygen atoms in total. The maximum Gasteiger partial charge on any atom is 0.340 e. The van der Waals surface area contributed by atoms with Gasteiger partial charge in [0.15, 0.2) is 6.61 Å². The van der Waals surface area contributed by atoms with E-state index in [4.69, 9.17) is 27.9 Å². The zero-order chi connectivity index (χ0) is 33.9. The van der Waals surface area contributed by atoms with Crippen molar-refractivity contribution in [3.8, 4) is 5.69 Å². The highest BCUT2D eigenvalue weighted by Crippen LogP contribution is 2.34. The number of nitrogens with zero attached hydrogens (tertiary/aromatic N) is 3. The van der Waals surface area contributed by atoms with Crippen LogP contribution in [0.3, 0.4) is 0 Å². The maximum atomic E-state index is 13.7. The van der Waals surface area contributed by atoms with Gasteiger partial charge in [-0.2, -0.15) is 0 Å². The SMILES string of the molecule is Cc1c(N(C)S(=O)(=O)c2ccc(Cl)c(C(=O)OCC(=O)Nc3ccccc3Sc3ccc(Cl)cc3)c2)c(=O)n(-c2ccccc2)n1C. The van der Waals surface area contributed by atoms with E-state index in [2.05, 4.69) is 5.32 Å². The normalized spacial score (nSPS) is 11.3. The van der Waals surface area contributed by atoms with Crippen molar-refractivity contribution in [3.63, 3.8) is 0 Å². The molecule has 1 N–H and O–H groups in total. The van der Waals surface area contributed by atoms with Crippen LogP contribution in [0.25, 0.3) is 5.69 Å². The predicted octanol–water partition coefficient (Wildman–Crippen LogP) is 6.56. The van der Waals surface area contributed by atoms with Crippen molar-refractivity contribution in [3.05, 3.63) is 129 Å². The van der Waals surface area contributed by atoms with Crippen molar-refractivity contribution in [2.24, 2.45) is 7.05 Å². The van der Waals surface area contributed by atoms with Gasteiger partial charge in [-0.1, -0.05) is 65.3 Å². The molecule has 5 rings (SSSR count). The lowest BCUT2D eigenvalue weighted by Gasteiger charge is -2.19. The molecule has 0 saturated carbocycles. The number of anilines is 2. The summed E-state index contributed by atoms with van der Waals surface area (Å²) in [7, 11) is -1.44. The van der Waals surface area contributed by atoms with Crippen LogP contribution in [0.1, 0.15) is 16.1 Å². The number of sulfonamides is 1. The van der Waals surface area contributed by atoms with Crippen LogP contribution in [0, 0.1) is 6.92 Å². The van der Waals surface area contributed by atoms with E-state index in [0.29, 0.717) is 22.1 Å². The summed E-state index contributed by atoms with van der Waals surface area (Å²) in [5.74, 6) is -1.62. The molecular weight excluding hydrogens is 683 g/mol. The van der Waals surface area contributed by atoms with Crippen molar-refractivity contribution in [2.75, 3.05) is 23.3 Å². The lowest BCUT2D eigenvalue weighted by molar-refractivity contribution is -0.119. The molecule has 1 amide bonds. The Labute approximate surface area is 285 Å². The van der Waals surface area contributed by atoms with Crippen LogP contribution in [0.15, 0.2) is 117 Å². The molecule has 0 saturated heterocycles. The van der Waals surface area contributed by atoms with E-state index >= 15 is 0 Å². The molecule has 0 fully saturated rings. The number of amides is 1. The van der Waals surface area contributed by atoms with E-state index < -0.39 is 34.1 Å². The molecule has 5 aromatic rings. The summed E-state index contributed by atoms with van der Waals surface area (Å²) in [4.78, 5) is 40.6. The summed E-state index contributed by atoms with van der Waals surface area (Å²) in [5, 5.41) is 3.25.